The standard InChI is InChI=1S/C13H15N3O2.C12H13N3O2.C11H11N3O2/c17-13(14-10-4-2-1-3-5-10)9-6-7-11-12(8-9)16-18-15-11;16-12(13-9-3-1-2-4-9)8-5-6-10-11(7-8)15-17-14-10;15-11(12-8-2-1-3-8)7-4-5-9-10(6-7)14-16-13-9/h6-8,10H,1-5H2,(H,14,17);5-7,9H,1-4H2,(H,13,16);4-6,8H,1-3H2,(H,12,15). The maximum Gasteiger partial charge on any atom is 0.251 e. The molecule has 3 aliphatic rings. The number of carbonyl (C=O) groups excluding carboxylic acids is 3. The third-order valence-electron chi connectivity index (χ3n) is 9.62. The lowest BCUT2D eigenvalue weighted by Gasteiger charge is -2.26. The summed E-state index contributed by atoms with van der Waals surface area (Å²) in [5.74, 6) is -0.122. The molecule has 6 aromatic rings. The highest BCUT2D eigenvalue weighted by Crippen LogP contribution is 2.21. The van der Waals surface area contributed by atoms with Gasteiger partial charge in [-0.05, 0) is 130 Å². The number of hydrogen-bond acceptors (Lipinski definition) is 12. The van der Waals surface area contributed by atoms with Crippen LogP contribution in [0.5, 0.6) is 0 Å². The predicted octanol–water partition coefficient (Wildman–Crippen LogP) is 5.69. The van der Waals surface area contributed by atoms with Crippen LogP contribution in [0, 0.1) is 0 Å². The fourth-order valence-corrected chi connectivity index (χ4v) is 6.45. The summed E-state index contributed by atoms with van der Waals surface area (Å²) in [6.07, 6.45) is 13.8. The van der Waals surface area contributed by atoms with Gasteiger partial charge in [-0.15, -0.1) is 0 Å². The van der Waals surface area contributed by atoms with Crippen molar-refractivity contribution < 1.29 is 28.3 Å². The molecule has 15 nitrogen and oxygen atoms in total. The van der Waals surface area contributed by atoms with Crippen LogP contribution in [0.2, 0.25) is 0 Å². The molecule has 3 saturated carbocycles. The van der Waals surface area contributed by atoms with Gasteiger partial charge in [0, 0.05) is 34.8 Å². The number of amides is 3. The Morgan fingerprint density at radius 1 is 0.412 bits per heavy atom. The minimum absolute atomic E-state index is 0.0354. The molecule has 0 spiro atoms. The molecule has 3 aromatic carbocycles. The summed E-state index contributed by atoms with van der Waals surface area (Å²) in [6.45, 7) is 0. The van der Waals surface area contributed by atoms with E-state index in [4.69, 9.17) is 0 Å². The Labute approximate surface area is 292 Å². The van der Waals surface area contributed by atoms with Crippen LogP contribution >= 0.6 is 0 Å². The number of aromatic nitrogens is 6. The molecule has 51 heavy (non-hydrogen) atoms. The van der Waals surface area contributed by atoms with E-state index in [1.54, 1.807) is 54.6 Å². The summed E-state index contributed by atoms with van der Waals surface area (Å²) in [5.41, 5.74) is 5.68. The van der Waals surface area contributed by atoms with Crippen LogP contribution in [0.15, 0.2) is 68.5 Å². The first-order valence-corrected chi connectivity index (χ1v) is 17.6. The second-order valence-corrected chi connectivity index (χ2v) is 13.3. The van der Waals surface area contributed by atoms with Crippen molar-refractivity contribution in [2.45, 2.75) is 95.2 Å². The fourth-order valence-electron chi connectivity index (χ4n) is 6.45. The molecule has 0 radical (unpaired) electrons. The zero-order chi connectivity index (χ0) is 35.0. The van der Waals surface area contributed by atoms with Crippen LogP contribution < -0.4 is 16.0 Å². The summed E-state index contributed by atoms with van der Waals surface area (Å²) in [7, 11) is 0. The van der Waals surface area contributed by atoms with Gasteiger partial charge in [-0.1, -0.05) is 32.1 Å². The molecule has 3 aromatic heterocycles. The number of carbonyl (C=O) groups is 3. The smallest absolute Gasteiger partial charge is 0.251 e. The molecule has 0 atom stereocenters. The summed E-state index contributed by atoms with van der Waals surface area (Å²) in [4.78, 5) is 35.9. The molecular formula is C36H39N9O6. The van der Waals surface area contributed by atoms with Crippen LogP contribution in [0.25, 0.3) is 33.1 Å². The Kier molecular flexibility index (Phi) is 10.5. The van der Waals surface area contributed by atoms with E-state index >= 15 is 0 Å². The largest absolute Gasteiger partial charge is 0.349 e. The van der Waals surface area contributed by atoms with E-state index in [9.17, 15) is 14.4 Å². The van der Waals surface area contributed by atoms with Gasteiger partial charge < -0.3 is 16.0 Å². The normalized spacial score (nSPS) is 16.5. The minimum Gasteiger partial charge on any atom is -0.349 e. The quantitative estimate of drug-likeness (QED) is 0.193. The molecule has 3 fully saturated rings. The van der Waals surface area contributed by atoms with E-state index in [0.29, 0.717) is 67.9 Å². The van der Waals surface area contributed by atoms with Crippen LogP contribution in [-0.4, -0.2) is 66.8 Å². The van der Waals surface area contributed by atoms with Crippen molar-refractivity contribution in [3.05, 3.63) is 71.3 Å². The molecule has 3 aliphatic carbocycles. The van der Waals surface area contributed by atoms with Crippen LogP contribution in [0.4, 0.5) is 0 Å². The Morgan fingerprint density at radius 2 is 0.706 bits per heavy atom. The Morgan fingerprint density at radius 3 is 1.02 bits per heavy atom. The van der Waals surface area contributed by atoms with Gasteiger partial charge in [-0.2, -0.15) is 0 Å². The van der Waals surface area contributed by atoms with Crippen molar-refractivity contribution in [3.63, 3.8) is 0 Å². The first-order valence-electron chi connectivity index (χ1n) is 17.6. The lowest BCUT2D eigenvalue weighted by atomic mass is 9.93. The van der Waals surface area contributed by atoms with Gasteiger partial charge >= 0.3 is 0 Å². The summed E-state index contributed by atoms with van der Waals surface area (Å²) >= 11 is 0. The molecular weight excluding hydrogens is 654 g/mol. The van der Waals surface area contributed by atoms with Gasteiger partial charge in [0.2, 0.25) is 0 Å². The van der Waals surface area contributed by atoms with Crippen LogP contribution in [-0.2, 0) is 0 Å². The molecule has 9 rings (SSSR count). The lowest BCUT2D eigenvalue weighted by Crippen LogP contribution is -2.39. The highest BCUT2D eigenvalue weighted by atomic mass is 16.6. The van der Waals surface area contributed by atoms with E-state index < -0.39 is 0 Å². The van der Waals surface area contributed by atoms with E-state index in [2.05, 4.69) is 60.8 Å². The van der Waals surface area contributed by atoms with E-state index in [1.807, 2.05) is 0 Å². The maximum atomic E-state index is 12.1. The average molecular weight is 694 g/mol. The van der Waals surface area contributed by atoms with Crippen molar-refractivity contribution in [1.29, 1.82) is 0 Å². The number of fused-ring (bicyclic) bond motifs is 3. The number of hydrogen-bond donors (Lipinski definition) is 3. The molecule has 0 aliphatic heterocycles. The molecule has 3 N–H and O–H groups in total. The lowest BCUT2D eigenvalue weighted by molar-refractivity contribution is 0.0912. The number of nitrogens with zero attached hydrogens (tertiary/aromatic N) is 6. The Bertz CT molecular complexity index is 2110. The van der Waals surface area contributed by atoms with Crippen LogP contribution in [0.3, 0.4) is 0 Å². The highest BCUT2D eigenvalue weighted by molar-refractivity contribution is 5.98. The van der Waals surface area contributed by atoms with E-state index in [0.717, 1.165) is 38.5 Å². The first-order chi connectivity index (χ1) is 25.0. The second kappa shape index (κ2) is 15.9. The molecule has 0 unspecified atom stereocenters. The molecule has 0 saturated heterocycles. The topological polar surface area (TPSA) is 204 Å². The van der Waals surface area contributed by atoms with Crippen molar-refractivity contribution in [1.82, 2.24) is 46.9 Å². The van der Waals surface area contributed by atoms with Gasteiger partial charge in [0.1, 0.15) is 33.1 Å². The number of rotatable bonds is 6. The van der Waals surface area contributed by atoms with Gasteiger partial charge in [-0.25, -0.2) is 13.9 Å². The van der Waals surface area contributed by atoms with Crippen molar-refractivity contribution in [3.8, 4) is 0 Å². The number of nitrogens with one attached hydrogen (secondary N) is 3. The van der Waals surface area contributed by atoms with E-state index in [-0.39, 0.29) is 17.7 Å². The first kappa shape index (κ1) is 33.8. The Balaban J connectivity index is 0.000000120. The fraction of sp³-hybridized carbons (Fsp3) is 0.417. The highest BCUT2D eigenvalue weighted by Gasteiger charge is 2.21. The minimum atomic E-state index is -0.0467. The summed E-state index contributed by atoms with van der Waals surface area (Å²) in [6, 6.07) is 16.6. The SMILES string of the molecule is O=C(NC1CCC1)c1ccc2nonc2c1.O=C(NC1CCCC1)c1ccc2nonc2c1.O=C(NC1CCCCC1)c1ccc2nonc2c1. The molecule has 264 valence electrons. The third kappa shape index (κ3) is 8.53. The second-order valence-electron chi connectivity index (χ2n) is 13.3. The molecule has 15 heteroatoms. The zero-order valence-electron chi connectivity index (χ0n) is 28.0. The van der Waals surface area contributed by atoms with Gasteiger partial charge in [0.05, 0.1) is 0 Å². The van der Waals surface area contributed by atoms with Gasteiger partial charge in [0.15, 0.2) is 0 Å². The maximum absolute atomic E-state index is 12.1. The molecule has 3 heterocycles. The van der Waals surface area contributed by atoms with Crippen molar-refractivity contribution >= 4 is 50.8 Å². The average Bonchev–Trinajstić information content (AvgIpc) is 3.98. The van der Waals surface area contributed by atoms with Gasteiger partial charge in [0.25, 0.3) is 17.7 Å². The predicted molar refractivity (Wildman–Crippen MR) is 185 cm³/mol. The Hall–Kier alpha value is -5.73. The van der Waals surface area contributed by atoms with Crippen molar-refractivity contribution in [2.24, 2.45) is 0 Å². The summed E-state index contributed by atoms with van der Waals surface area (Å²) < 4.78 is 13.8. The monoisotopic (exact) mass is 693 g/mol. The molecule has 3 amide bonds. The molecule has 0 bridgehead atoms. The van der Waals surface area contributed by atoms with Crippen LogP contribution in [0.1, 0.15) is 108 Å². The van der Waals surface area contributed by atoms with Crippen molar-refractivity contribution in [2.75, 3.05) is 0 Å². The summed E-state index contributed by atoms with van der Waals surface area (Å²) in [5, 5.41) is 31.4. The van der Waals surface area contributed by atoms with E-state index in [1.165, 1.54) is 38.5 Å². The third-order valence-corrected chi connectivity index (χ3v) is 9.62. The number of benzene rings is 3. The van der Waals surface area contributed by atoms with Gasteiger partial charge in [-0.3, -0.25) is 14.4 Å². The zero-order valence-corrected chi connectivity index (χ0v) is 28.0.